The van der Waals surface area contributed by atoms with Crippen molar-refractivity contribution in [2.45, 2.75) is 58.0 Å². The Morgan fingerprint density at radius 1 is 1.26 bits per heavy atom. The topological polar surface area (TPSA) is 69.0 Å². The van der Waals surface area contributed by atoms with Crippen molar-refractivity contribution in [3.05, 3.63) is 24.2 Å². The van der Waals surface area contributed by atoms with Gasteiger partial charge in [0.1, 0.15) is 11.8 Å². The molecular weight excluding hydrogens is 314 g/mol. The van der Waals surface area contributed by atoms with E-state index in [0.29, 0.717) is 5.76 Å². The van der Waals surface area contributed by atoms with E-state index >= 15 is 0 Å². The fraction of sp³-hybridized carbons (Fsp3) is 0.625. The smallest absolute Gasteiger partial charge is 0.417 e. The zero-order valence-electron chi connectivity index (χ0n) is 14.2. The predicted molar refractivity (Wildman–Crippen MR) is 87.4 cm³/mol. The Morgan fingerprint density at radius 2 is 1.91 bits per heavy atom. The number of imide groups is 1. The highest BCUT2D eigenvalue weighted by molar-refractivity contribution is 6.73. The van der Waals surface area contributed by atoms with Crippen molar-refractivity contribution in [1.82, 2.24) is 4.90 Å². The fourth-order valence-electron chi connectivity index (χ4n) is 2.98. The van der Waals surface area contributed by atoms with Crippen molar-refractivity contribution in [3.8, 4) is 0 Å². The van der Waals surface area contributed by atoms with E-state index in [1.54, 1.807) is 19.1 Å². The molecule has 0 N–H and O–H groups in total. The molecule has 0 bridgehead atoms. The molecule has 1 aromatic heterocycles. The fourth-order valence-corrected chi connectivity index (χ4v) is 5.75. The first kappa shape index (κ1) is 17.7. The first-order chi connectivity index (χ1) is 11.0. The van der Waals surface area contributed by atoms with Crippen LogP contribution < -0.4 is 0 Å². The molecule has 2 heterocycles. The van der Waals surface area contributed by atoms with Gasteiger partial charge >= 0.3 is 6.09 Å². The molecule has 1 aliphatic heterocycles. The molecule has 6 nitrogen and oxygen atoms in total. The van der Waals surface area contributed by atoms with E-state index in [9.17, 15) is 9.59 Å². The van der Waals surface area contributed by atoms with Crippen LogP contribution in [-0.4, -0.2) is 37.9 Å². The SMILES string of the molecule is CCOC(=O)N1C(=O)[C@@H](O[Si](CC)(CC)CC)[C@H]1c1ccco1. The lowest BCUT2D eigenvalue weighted by Crippen LogP contribution is -2.64. The molecule has 2 amide bonds. The number of β-lactam (4-membered cyclic amide) rings is 1. The molecule has 1 saturated heterocycles. The lowest BCUT2D eigenvalue weighted by Gasteiger charge is -2.46. The number of ether oxygens (including phenoxy) is 1. The van der Waals surface area contributed by atoms with Gasteiger partial charge in [-0.05, 0) is 37.2 Å². The molecule has 1 fully saturated rings. The van der Waals surface area contributed by atoms with Gasteiger partial charge in [0.05, 0.1) is 12.9 Å². The normalized spacial score (nSPS) is 21.2. The molecular formula is C16H25NO5Si. The minimum atomic E-state index is -1.97. The Morgan fingerprint density at radius 3 is 2.39 bits per heavy atom. The number of hydrogen-bond acceptors (Lipinski definition) is 5. The third kappa shape index (κ3) is 3.21. The van der Waals surface area contributed by atoms with Crippen LogP contribution in [0.15, 0.2) is 22.8 Å². The van der Waals surface area contributed by atoms with Gasteiger partial charge in [0.2, 0.25) is 0 Å². The van der Waals surface area contributed by atoms with Crippen LogP contribution >= 0.6 is 0 Å². The monoisotopic (exact) mass is 339 g/mol. The lowest BCUT2D eigenvalue weighted by atomic mass is 9.96. The van der Waals surface area contributed by atoms with Crippen molar-refractivity contribution in [1.29, 1.82) is 0 Å². The van der Waals surface area contributed by atoms with Crippen molar-refractivity contribution in [2.24, 2.45) is 0 Å². The lowest BCUT2D eigenvalue weighted by molar-refractivity contribution is -0.162. The highest BCUT2D eigenvalue weighted by atomic mass is 28.4. The van der Waals surface area contributed by atoms with Crippen LogP contribution in [0.5, 0.6) is 0 Å². The van der Waals surface area contributed by atoms with Gasteiger partial charge in [-0.2, -0.15) is 0 Å². The van der Waals surface area contributed by atoms with E-state index in [-0.39, 0.29) is 12.5 Å². The number of carbonyl (C=O) groups is 2. The van der Waals surface area contributed by atoms with E-state index in [0.717, 1.165) is 23.0 Å². The van der Waals surface area contributed by atoms with Crippen LogP contribution in [-0.2, 0) is 14.0 Å². The van der Waals surface area contributed by atoms with Gasteiger partial charge in [-0.25, -0.2) is 9.69 Å². The second-order valence-corrected chi connectivity index (χ2v) is 10.4. The van der Waals surface area contributed by atoms with Gasteiger partial charge in [0.15, 0.2) is 14.4 Å². The Hall–Kier alpha value is -1.60. The van der Waals surface area contributed by atoms with Gasteiger partial charge in [-0.3, -0.25) is 4.79 Å². The summed E-state index contributed by atoms with van der Waals surface area (Å²) >= 11 is 0. The average molecular weight is 339 g/mol. The van der Waals surface area contributed by atoms with Crippen molar-refractivity contribution in [2.75, 3.05) is 6.61 Å². The molecule has 0 radical (unpaired) electrons. The maximum atomic E-state index is 12.5. The molecule has 0 unspecified atom stereocenters. The quantitative estimate of drug-likeness (QED) is 0.559. The summed E-state index contributed by atoms with van der Waals surface area (Å²) in [5.74, 6) is 0.214. The first-order valence-electron chi connectivity index (χ1n) is 8.24. The van der Waals surface area contributed by atoms with E-state index in [1.807, 2.05) is 0 Å². The number of furan rings is 1. The predicted octanol–water partition coefficient (Wildman–Crippen LogP) is 3.71. The Labute approximate surface area is 137 Å². The third-order valence-electron chi connectivity index (χ3n) is 4.65. The zero-order chi connectivity index (χ0) is 17.0. The minimum Gasteiger partial charge on any atom is -0.467 e. The van der Waals surface area contributed by atoms with Crippen molar-refractivity contribution < 1.29 is 23.2 Å². The van der Waals surface area contributed by atoms with Crippen LogP contribution in [0, 0.1) is 0 Å². The van der Waals surface area contributed by atoms with Gasteiger partial charge in [0, 0.05) is 0 Å². The third-order valence-corrected chi connectivity index (χ3v) is 9.27. The van der Waals surface area contributed by atoms with Crippen molar-refractivity contribution in [3.63, 3.8) is 0 Å². The van der Waals surface area contributed by atoms with Gasteiger partial charge < -0.3 is 13.6 Å². The van der Waals surface area contributed by atoms with E-state index in [1.165, 1.54) is 6.26 Å². The second-order valence-electron chi connectivity index (χ2n) is 5.65. The zero-order valence-corrected chi connectivity index (χ0v) is 15.2. The Bertz CT molecular complexity index is 532. The molecule has 2 atom stereocenters. The van der Waals surface area contributed by atoms with Crippen LogP contribution in [0.3, 0.4) is 0 Å². The molecule has 23 heavy (non-hydrogen) atoms. The number of amides is 2. The summed E-state index contributed by atoms with van der Waals surface area (Å²) in [4.78, 5) is 25.7. The summed E-state index contributed by atoms with van der Waals surface area (Å²) in [6.07, 6.45) is 0.232. The Kier molecular flexibility index (Phi) is 5.64. The minimum absolute atomic E-state index is 0.219. The maximum absolute atomic E-state index is 12.5. The number of nitrogens with zero attached hydrogens (tertiary/aromatic N) is 1. The molecule has 0 spiro atoms. The van der Waals surface area contributed by atoms with Crippen LogP contribution in [0.25, 0.3) is 0 Å². The molecule has 1 aliphatic rings. The van der Waals surface area contributed by atoms with Crippen molar-refractivity contribution >= 4 is 20.3 Å². The molecule has 7 heteroatoms. The highest BCUT2D eigenvalue weighted by Gasteiger charge is 2.56. The number of rotatable bonds is 7. The molecule has 0 aliphatic carbocycles. The van der Waals surface area contributed by atoms with E-state index in [4.69, 9.17) is 13.6 Å². The molecule has 0 saturated carbocycles. The summed E-state index contributed by atoms with van der Waals surface area (Å²) < 4.78 is 16.7. The van der Waals surface area contributed by atoms with Gasteiger partial charge in [-0.1, -0.05) is 20.8 Å². The maximum Gasteiger partial charge on any atom is 0.417 e. The molecule has 0 aromatic carbocycles. The van der Waals surface area contributed by atoms with E-state index < -0.39 is 26.6 Å². The number of likely N-dealkylation sites (tertiary alicyclic amines) is 1. The van der Waals surface area contributed by atoms with Crippen LogP contribution in [0.4, 0.5) is 4.79 Å². The Balaban J connectivity index is 2.25. The first-order valence-corrected chi connectivity index (χ1v) is 10.8. The number of hydrogen-bond donors (Lipinski definition) is 0. The van der Waals surface area contributed by atoms with Gasteiger partial charge in [-0.15, -0.1) is 0 Å². The number of carbonyl (C=O) groups excluding carboxylic acids is 2. The standard InChI is InChI=1S/C16H25NO5Si/c1-5-20-16(19)17-13(12-10-9-11-21-12)14(15(17)18)22-23(6-2,7-3)8-4/h9-11,13-14H,5-8H2,1-4H3/t13-,14+/m1/s1. The summed E-state index contributed by atoms with van der Waals surface area (Å²) in [5, 5.41) is 0. The molecule has 1 aromatic rings. The summed E-state index contributed by atoms with van der Waals surface area (Å²) in [6.45, 7) is 8.24. The molecule has 128 valence electrons. The van der Waals surface area contributed by atoms with E-state index in [2.05, 4.69) is 20.8 Å². The largest absolute Gasteiger partial charge is 0.467 e. The highest BCUT2D eigenvalue weighted by Crippen LogP contribution is 2.40. The average Bonchev–Trinajstić information content (AvgIpc) is 3.07. The summed E-state index contributed by atoms with van der Waals surface area (Å²) in [6, 6.07) is 5.78. The summed E-state index contributed by atoms with van der Waals surface area (Å²) in [5.41, 5.74) is 0. The summed E-state index contributed by atoms with van der Waals surface area (Å²) in [7, 11) is -1.97. The van der Waals surface area contributed by atoms with Crippen LogP contribution in [0.1, 0.15) is 39.5 Å². The molecule has 2 rings (SSSR count). The second kappa shape index (κ2) is 7.31. The van der Waals surface area contributed by atoms with Gasteiger partial charge in [0.25, 0.3) is 5.91 Å². The van der Waals surface area contributed by atoms with Crippen LogP contribution in [0.2, 0.25) is 18.1 Å².